The van der Waals surface area contributed by atoms with Gasteiger partial charge in [0.05, 0.1) is 31.0 Å². The predicted octanol–water partition coefficient (Wildman–Crippen LogP) is 0.357. The number of carbonyl (C=O) groups excluding carboxylic acids is 1. The number of furan rings is 1. The van der Waals surface area contributed by atoms with Crippen LogP contribution >= 0.6 is 0 Å². The molecule has 3 aliphatic rings. The Kier molecular flexibility index (Phi) is 4.54. The Morgan fingerprint density at radius 3 is 3.08 bits per heavy atom. The Morgan fingerprint density at radius 2 is 2.40 bits per heavy atom. The van der Waals surface area contributed by atoms with Gasteiger partial charge >= 0.3 is 0 Å². The van der Waals surface area contributed by atoms with Gasteiger partial charge in [-0.3, -0.25) is 14.4 Å². The number of rotatable bonds is 6. The molecule has 3 N–H and O–H groups in total. The van der Waals surface area contributed by atoms with E-state index in [1.807, 2.05) is 23.0 Å². The predicted molar refractivity (Wildman–Crippen MR) is 90.0 cm³/mol. The molecular formula is C17H24N6O2. The van der Waals surface area contributed by atoms with Crippen LogP contribution < -0.4 is 11.1 Å². The zero-order valence-electron chi connectivity index (χ0n) is 14.2. The van der Waals surface area contributed by atoms with Gasteiger partial charge in [0.15, 0.2) is 0 Å². The first-order valence-corrected chi connectivity index (χ1v) is 8.86. The van der Waals surface area contributed by atoms with Crippen molar-refractivity contribution in [1.29, 1.82) is 0 Å². The van der Waals surface area contributed by atoms with Crippen molar-refractivity contribution >= 4 is 5.91 Å². The van der Waals surface area contributed by atoms with Gasteiger partial charge in [0.2, 0.25) is 5.91 Å². The summed E-state index contributed by atoms with van der Waals surface area (Å²) in [4.78, 5) is 15.0. The van der Waals surface area contributed by atoms with E-state index in [2.05, 4.69) is 20.5 Å². The lowest BCUT2D eigenvalue weighted by molar-refractivity contribution is -0.133. The Balaban J connectivity index is 1.34. The van der Waals surface area contributed by atoms with E-state index in [0.717, 1.165) is 43.9 Å². The molecule has 0 radical (unpaired) electrons. The molecule has 0 aliphatic carbocycles. The van der Waals surface area contributed by atoms with E-state index in [1.165, 1.54) is 0 Å². The van der Waals surface area contributed by atoms with Gasteiger partial charge in [0.1, 0.15) is 5.76 Å². The molecule has 1 unspecified atom stereocenters. The Morgan fingerprint density at radius 1 is 1.48 bits per heavy atom. The molecule has 3 saturated heterocycles. The van der Waals surface area contributed by atoms with Crippen LogP contribution in [0, 0.1) is 11.8 Å². The van der Waals surface area contributed by atoms with Crippen molar-refractivity contribution in [2.45, 2.75) is 38.5 Å². The summed E-state index contributed by atoms with van der Waals surface area (Å²) in [6.07, 6.45) is 5.65. The molecule has 0 spiro atoms. The largest absolute Gasteiger partial charge is 0.467 e. The molecule has 3 aliphatic heterocycles. The minimum Gasteiger partial charge on any atom is -0.467 e. The number of hydrogen-bond acceptors (Lipinski definition) is 6. The Bertz CT molecular complexity index is 713. The van der Waals surface area contributed by atoms with Crippen LogP contribution in [0.4, 0.5) is 0 Å². The van der Waals surface area contributed by atoms with Crippen LogP contribution in [-0.4, -0.2) is 44.9 Å². The molecule has 25 heavy (non-hydrogen) atoms. The van der Waals surface area contributed by atoms with Crippen LogP contribution in [0.1, 0.15) is 24.3 Å². The number of carbonyl (C=O) groups is 1. The van der Waals surface area contributed by atoms with E-state index >= 15 is 0 Å². The number of aromatic nitrogens is 3. The third-order valence-corrected chi connectivity index (χ3v) is 5.43. The molecule has 5 heterocycles. The van der Waals surface area contributed by atoms with Crippen molar-refractivity contribution < 1.29 is 9.21 Å². The van der Waals surface area contributed by atoms with Gasteiger partial charge in [-0.05, 0) is 37.4 Å². The summed E-state index contributed by atoms with van der Waals surface area (Å²) >= 11 is 0. The molecule has 8 nitrogen and oxygen atoms in total. The summed E-state index contributed by atoms with van der Waals surface area (Å²) in [6, 6.07) is 4.13. The van der Waals surface area contributed by atoms with E-state index in [9.17, 15) is 4.79 Å². The van der Waals surface area contributed by atoms with Crippen LogP contribution in [0.25, 0.3) is 0 Å². The minimum absolute atomic E-state index is 0.0651. The van der Waals surface area contributed by atoms with E-state index in [0.29, 0.717) is 25.0 Å². The van der Waals surface area contributed by atoms with E-state index in [1.54, 1.807) is 6.26 Å². The molecule has 2 bridgehead atoms. The summed E-state index contributed by atoms with van der Waals surface area (Å²) in [5, 5.41) is 11.2. The smallest absolute Gasteiger partial charge is 0.225 e. The monoisotopic (exact) mass is 344 g/mol. The first-order chi connectivity index (χ1) is 12.2. The summed E-state index contributed by atoms with van der Waals surface area (Å²) < 4.78 is 7.15. The van der Waals surface area contributed by atoms with Gasteiger partial charge in [0, 0.05) is 25.3 Å². The minimum atomic E-state index is 0.0651. The number of fused-ring (bicyclic) bond motifs is 3. The molecule has 0 aromatic carbocycles. The first-order valence-electron chi connectivity index (χ1n) is 8.86. The standard InChI is InChI=1S/C17H24N6O2/c18-7-13-9-23(21-20-13)10-14-6-12-3-4-22(14)11-16(12)17(24)19-8-15-2-1-5-25-15/h1-2,5,9,12,14,16H,3-4,6-8,10-11,18H2,(H,19,24)/t12-,14+,16+/m0/s1. The van der Waals surface area contributed by atoms with Crippen LogP contribution in [0.5, 0.6) is 0 Å². The zero-order chi connectivity index (χ0) is 17.2. The highest BCUT2D eigenvalue weighted by atomic mass is 16.3. The van der Waals surface area contributed by atoms with Gasteiger partial charge in [0.25, 0.3) is 0 Å². The summed E-state index contributed by atoms with van der Waals surface area (Å²) in [6.45, 7) is 3.55. The Labute approximate surface area is 146 Å². The second-order valence-corrected chi connectivity index (χ2v) is 6.97. The fourth-order valence-corrected chi connectivity index (χ4v) is 4.08. The van der Waals surface area contributed by atoms with Crippen LogP contribution in [0.15, 0.2) is 29.0 Å². The molecule has 5 rings (SSSR count). The second kappa shape index (κ2) is 6.97. The number of piperidine rings is 3. The molecule has 2 aromatic rings. The lowest BCUT2D eigenvalue weighted by atomic mass is 9.75. The Hall–Kier alpha value is -2.19. The molecule has 1 amide bonds. The van der Waals surface area contributed by atoms with Gasteiger partial charge < -0.3 is 15.5 Å². The van der Waals surface area contributed by atoms with E-state index in [-0.39, 0.29) is 11.8 Å². The molecule has 3 fully saturated rings. The molecule has 134 valence electrons. The van der Waals surface area contributed by atoms with Crippen molar-refractivity contribution in [1.82, 2.24) is 25.2 Å². The highest BCUT2D eigenvalue weighted by molar-refractivity contribution is 5.79. The van der Waals surface area contributed by atoms with Crippen molar-refractivity contribution in [3.05, 3.63) is 36.0 Å². The van der Waals surface area contributed by atoms with Crippen LogP contribution in [0.2, 0.25) is 0 Å². The highest BCUT2D eigenvalue weighted by Crippen LogP contribution is 2.36. The number of nitrogens with two attached hydrogens (primary N) is 1. The molecule has 4 atom stereocenters. The number of nitrogens with zero attached hydrogens (tertiary/aromatic N) is 4. The van der Waals surface area contributed by atoms with Crippen molar-refractivity contribution in [3.8, 4) is 0 Å². The fourth-order valence-electron chi connectivity index (χ4n) is 4.08. The average Bonchev–Trinajstić information content (AvgIpc) is 3.32. The van der Waals surface area contributed by atoms with Gasteiger partial charge in [-0.1, -0.05) is 5.21 Å². The average molecular weight is 344 g/mol. The molecular weight excluding hydrogens is 320 g/mol. The summed E-state index contributed by atoms with van der Waals surface area (Å²) in [5.41, 5.74) is 6.41. The number of hydrogen-bond donors (Lipinski definition) is 2. The quantitative estimate of drug-likeness (QED) is 0.784. The lowest BCUT2D eigenvalue weighted by Crippen LogP contribution is -2.57. The second-order valence-electron chi connectivity index (χ2n) is 6.97. The summed E-state index contributed by atoms with van der Waals surface area (Å²) in [5.74, 6) is 1.42. The lowest BCUT2D eigenvalue weighted by Gasteiger charge is -2.49. The van der Waals surface area contributed by atoms with Crippen molar-refractivity contribution in [3.63, 3.8) is 0 Å². The van der Waals surface area contributed by atoms with E-state index in [4.69, 9.17) is 10.2 Å². The van der Waals surface area contributed by atoms with Crippen LogP contribution in [-0.2, 0) is 24.4 Å². The number of nitrogens with one attached hydrogen (secondary N) is 1. The molecule has 0 saturated carbocycles. The maximum atomic E-state index is 12.6. The SMILES string of the molecule is NCc1cn(C[C@H]2C[C@@H]3CCN2C[C@H]3C(=O)NCc2ccco2)nn1. The topological polar surface area (TPSA) is 102 Å². The van der Waals surface area contributed by atoms with Crippen molar-refractivity contribution in [2.75, 3.05) is 13.1 Å². The van der Waals surface area contributed by atoms with E-state index < -0.39 is 0 Å². The summed E-state index contributed by atoms with van der Waals surface area (Å²) in [7, 11) is 0. The van der Waals surface area contributed by atoms with Gasteiger partial charge in [-0.2, -0.15) is 0 Å². The van der Waals surface area contributed by atoms with Crippen LogP contribution in [0.3, 0.4) is 0 Å². The highest BCUT2D eigenvalue weighted by Gasteiger charge is 2.43. The maximum Gasteiger partial charge on any atom is 0.225 e. The number of amides is 1. The third kappa shape index (κ3) is 3.45. The fraction of sp³-hybridized carbons (Fsp3) is 0.588. The van der Waals surface area contributed by atoms with Gasteiger partial charge in [-0.15, -0.1) is 5.10 Å². The normalized spacial score (nSPS) is 28.2. The third-order valence-electron chi connectivity index (χ3n) is 5.43. The van der Waals surface area contributed by atoms with Gasteiger partial charge in [-0.25, -0.2) is 0 Å². The first kappa shape index (κ1) is 16.3. The molecule has 8 heteroatoms. The maximum absolute atomic E-state index is 12.6. The van der Waals surface area contributed by atoms with Crippen molar-refractivity contribution in [2.24, 2.45) is 17.6 Å². The molecule has 2 aromatic heterocycles. The zero-order valence-corrected chi connectivity index (χ0v) is 14.2.